The van der Waals surface area contributed by atoms with Crippen molar-refractivity contribution >= 4 is 11.8 Å². The van der Waals surface area contributed by atoms with E-state index in [1.807, 2.05) is 30.0 Å². The Bertz CT molecular complexity index is 488. The lowest BCUT2D eigenvalue weighted by molar-refractivity contribution is -0.0961. The van der Waals surface area contributed by atoms with Crippen LogP contribution in [0.1, 0.15) is 24.8 Å². The molecule has 1 aromatic rings. The molecule has 116 valence electrons. The van der Waals surface area contributed by atoms with Gasteiger partial charge in [0.1, 0.15) is 6.10 Å². The molecule has 2 heterocycles. The molecule has 2 N–H and O–H groups in total. The molecule has 0 bridgehead atoms. The van der Waals surface area contributed by atoms with Crippen LogP contribution >= 0.6 is 11.8 Å². The summed E-state index contributed by atoms with van der Waals surface area (Å²) < 4.78 is 17.7. The molecule has 2 saturated heterocycles. The summed E-state index contributed by atoms with van der Waals surface area (Å²) in [5, 5.41) is 0. The highest BCUT2D eigenvalue weighted by molar-refractivity contribution is 7.99. The third-order valence-electron chi connectivity index (χ3n) is 4.27. The maximum absolute atomic E-state index is 6.21. The number of rotatable bonds is 4. The Kier molecular flexibility index (Phi) is 4.62. The molecule has 2 atom stereocenters. The van der Waals surface area contributed by atoms with Gasteiger partial charge in [0.2, 0.25) is 0 Å². The molecule has 0 amide bonds. The van der Waals surface area contributed by atoms with Crippen molar-refractivity contribution in [3.8, 4) is 11.5 Å². The quantitative estimate of drug-likeness (QED) is 0.926. The fourth-order valence-corrected chi connectivity index (χ4v) is 4.44. The fourth-order valence-electron chi connectivity index (χ4n) is 3.06. The van der Waals surface area contributed by atoms with E-state index in [2.05, 4.69) is 0 Å². The molecular formula is C16H23NO3S. The van der Waals surface area contributed by atoms with Crippen molar-refractivity contribution < 1.29 is 14.2 Å². The number of nitrogens with two attached hydrogens (primary N) is 1. The molecule has 2 unspecified atom stereocenters. The second-order valence-corrected chi connectivity index (χ2v) is 6.86. The molecule has 0 saturated carbocycles. The number of hydrogen-bond acceptors (Lipinski definition) is 5. The van der Waals surface area contributed by atoms with Gasteiger partial charge in [-0.05, 0) is 29.9 Å². The molecule has 1 aromatic carbocycles. The van der Waals surface area contributed by atoms with Crippen LogP contribution in [0, 0.1) is 0 Å². The van der Waals surface area contributed by atoms with Gasteiger partial charge in [0.25, 0.3) is 0 Å². The Morgan fingerprint density at radius 3 is 3.05 bits per heavy atom. The first-order valence-electron chi connectivity index (χ1n) is 7.50. The largest absolute Gasteiger partial charge is 0.493 e. The van der Waals surface area contributed by atoms with E-state index >= 15 is 0 Å². The van der Waals surface area contributed by atoms with Gasteiger partial charge in [-0.1, -0.05) is 6.07 Å². The topological polar surface area (TPSA) is 53.7 Å². The number of benzene rings is 1. The minimum atomic E-state index is 0.0397. The van der Waals surface area contributed by atoms with Crippen LogP contribution in [-0.4, -0.2) is 36.9 Å². The standard InChI is InChI=1S/C16H23NO3S/c1-18-15-8-12(10-17)2-3-14(15)20-13-4-6-19-16(9-13)5-7-21-11-16/h2-3,8,13H,4-7,9-11,17H2,1H3. The van der Waals surface area contributed by atoms with Crippen molar-refractivity contribution in [3.05, 3.63) is 23.8 Å². The van der Waals surface area contributed by atoms with Crippen molar-refractivity contribution in [2.75, 3.05) is 25.2 Å². The van der Waals surface area contributed by atoms with Crippen LogP contribution < -0.4 is 15.2 Å². The second kappa shape index (κ2) is 6.46. The van der Waals surface area contributed by atoms with Gasteiger partial charge >= 0.3 is 0 Å². The molecule has 0 aromatic heterocycles. The van der Waals surface area contributed by atoms with Crippen LogP contribution in [0.25, 0.3) is 0 Å². The summed E-state index contributed by atoms with van der Waals surface area (Å²) >= 11 is 1.98. The first-order valence-corrected chi connectivity index (χ1v) is 8.65. The van der Waals surface area contributed by atoms with Crippen LogP contribution in [0.4, 0.5) is 0 Å². The van der Waals surface area contributed by atoms with E-state index < -0.39 is 0 Å². The van der Waals surface area contributed by atoms with Crippen molar-refractivity contribution in [1.29, 1.82) is 0 Å². The minimum Gasteiger partial charge on any atom is -0.493 e. The molecule has 21 heavy (non-hydrogen) atoms. The monoisotopic (exact) mass is 309 g/mol. The molecule has 2 fully saturated rings. The van der Waals surface area contributed by atoms with E-state index in [1.54, 1.807) is 7.11 Å². The summed E-state index contributed by atoms with van der Waals surface area (Å²) in [5.74, 6) is 3.86. The van der Waals surface area contributed by atoms with Gasteiger partial charge in [0.15, 0.2) is 11.5 Å². The van der Waals surface area contributed by atoms with Gasteiger partial charge in [-0.2, -0.15) is 11.8 Å². The first-order chi connectivity index (χ1) is 10.2. The summed E-state index contributed by atoms with van der Waals surface area (Å²) in [6.07, 6.45) is 3.26. The molecular weight excluding hydrogens is 286 g/mol. The van der Waals surface area contributed by atoms with E-state index in [0.29, 0.717) is 6.54 Å². The fraction of sp³-hybridized carbons (Fsp3) is 0.625. The zero-order valence-electron chi connectivity index (χ0n) is 12.5. The van der Waals surface area contributed by atoms with Crippen LogP contribution in [0.15, 0.2) is 18.2 Å². The summed E-state index contributed by atoms with van der Waals surface area (Å²) in [6, 6.07) is 5.92. The predicted octanol–water partition coefficient (Wildman–Crippen LogP) is 2.59. The minimum absolute atomic E-state index is 0.0397. The number of methoxy groups -OCH3 is 1. The number of ether oxygens (including phenoxy) is 3. The lowest BCUT2D eigenvalue weighted by Gasteiger charge is -2.37. The molecule has 5 heteroatoms. The SMILES string of the molecule is COc1cc(CN)ccc1OC1CCOC2(CCSC2)C1. The van der Waals surface area contributed by atoms with Crippen LogP contribution in [0.3, 0.4) is 0 Å². The average Bonchev–Trinajstić information content (AvgIpc) is 2.95. The van der Waals surface area contributed by atoms with Crippen molar-refractivity contribution in [2.24, 2.45) is 5.73 Å². The smallest absolute Gasteiger partial charge is 0.161 e. The Morgan fingerprint density at radius 2 is 2.33 bits per heavy atom. The summed E-state index contributed by atoms with van der Waals surface area (Å²) in [4.78, 5) is 0. The molecule has 4 nitrogen and oxygen atoms in total. The maximum Gasteiger partial charge on any atom is 0.161 e. The summed E-state index contributed by atoms with van der Waals surface area (Å²) in [5.41, 5.74) is 6.76. The third-order valence-corrected chi connectivity index (χ3v) is 5.50. The normalized spacial score (nSPS) is 28.8. The summed E-state index contributed by atoms with van der Waals surface area (Å²) in [7, 11) is 1.67. The van der Waals surface area contributed by atoms with Gasteiger partial charge in [-0.25, -0.2) is 0 Å². The van der Waals surface area contributed by atoms with Crippen molar-refractivity contribution in [3.63, 3.8) is 0 Å². The molecule has 3 rings (SSSR count). The van der Waals surface area contributed by atoms with Gasteiger partial charge in [-0.15, -0.1) is 0 Å². The zero-order valence-corrected chi connectivity index (χ0v) is 13.3. The van der Waals surface area contributed by atoms with E-state index in [0.717, 1.165) is 48.7 Å². The highest BCUT2D eigenvalue weighted by Gasteiger charge is 2.41. The van der Waals surface area contributed by atoms with Gasteiger partial charge < -0.3 is 19.9 Å². The molecule has 2 aliphatic rings. The lowest BCUT2D eigenvalue weighted by atomic mass is 9.91. The number of thioether (sulfide) groups is 1. The number of hydrogen-bond donors (Lipinski definition) is 1. The molecule has 0 radical (unpaired) electrons. The van der Waals surface area contributed by atoms with Crippen LogP contribution in [0.5, 0.6) is 11.5 Å². The van der Waals surface area contributed by atoms with E-state index in [4.69, 9.17) is 19.9 Å². The first kappa shape index (κ1) is 15.0. The molecule has 0 aliphatic carbocycles. The highest BCUT2D eigenvalue weighted by atomic mass is 32.2. The second-order valence-electron chi connectivity index (χ2n) is 5.76. The van der Waals surface area contributed by atoms with E-state index in [9.17, 15) is 0 Å². The Hall–Kier alpha value is -0.910. The Morgan fingerprint density at radius 1 is 1.43 bits per heavy atom. The Labute approximate surface area is 130 Å². The van der Waals surface area contributed by atoms with Gasteiger partial charge in [-0.3, -0.25) is 0 Å². The van der Waals surface area contributed by atoms with Gasteiger partial charge in [0.05, 0.1) is 19.3 Å². The van der Waals surface area contributed by atoms with E-state index in [1.165, 1.54) is 5.75 Å². The highest BCUT2D eigenvalue weighted by Crippen LogP contribution is 2.40. The lowest BCUT2D eigenvalue weighted by Crippen LogP contribution is -2.43. The maximum atomic E-state index is 6.21. The van der Waals surface area contributed by atoms with Crippen molar-refractivity contribution in [2.45, 2.75) is 37.5 Å². The zero-order chi connectivity index (χ0) is 14.7. The Balaban J connectivity index is 1.71. The van der Waals surface area contributed by atoms with E-state index in [-0.39, 0.29) is 11.7 Å². The average molecular weight is 309 g/mol. The summed E-state index contributed by atoms with van der Waals surface area (Å²) in [6.45, 7) is 1.29. The van der Waals surface area contributed by atoms with Gasteiger partial charge in [0, 0.05) is 25.1 Å². The van der Waals surface area contributed by atoms with Crippen LogP contribution in [-0.2, 0) is 11.3 Å². The third kappa shape index (κ3) is 3.30. The van der Waals surface area contributed by atoms with Crippen LogP contribution in [0.2, 0.25) is 0 Å². The van der Waals surface area contributed by atoms with Crippen molar-refractivity contribution in [1.82, 2.24) is 0 Å². The molecule has 1 spiro atoms. The molecule has 2 aliphatic heterocycles. The predicted molar refractivity (Wildman–Crippen MR) is 85.2 cm³/mol.